The van der Waals surface area contributed by atoms with E-state index < -0.39 is 0 Å². The topological polar surface area (TPSA) is 48.1 Å². The fourth-order valence-corrected chi connectivity index (χ4v) is 2.30. The molecule has 1 aromatic heterocycles. The second-order valence-corrected chi connectivity index (χ2v) is 4.28. The quantitative estimate of drug-likeness (QED) is 0.881. The second kappa shape index (κ2) is 4.38. The van der Waals surface area contributed by atoms with E-state index >= 15 is 0 Å². The molecule has 2 heterocycles. The minimum Gasteiger partial charge on any atom is -0.493 e. The minimum atomic E-state index is -0.320. The summed E-state index contributed by atoms with van der Waals surface area (Å²) < 4.78 is 19.3. The first-order valence-corrected chi connectivity index (χ1v) is 5.88. The van der Waals surface area contributed by atoms with Crippen LogP contribution in [0.5, 0.6) is 5.75 Å². The zero-order chi connectivity index (χ0) is 12.5. The van der Waals surface area contributed by atoms with Gasteiger partial charge in [-0.2, -0.15) is 0 Å². The van der Waals surface area contributed by atoms with E-state index in [-0.39, 0.29) is 5.82 Å². The van der Waals surface area contributed by atoms with Gasteiger partial charge in [-0.25, -0.2) is 4.39 Å². The number of nitrogens with two attached hydrogens (primary N) is 1. The number of ether oxygens (including phenoxy) is 1. The highest BCUT2D eigenvalue weighted by molar-refractivity contribution is 5.68. The molecule has 0 aliphatic carbocycles. The first-order chi connectivity index (χ1) is 8.79. The molecule has 0 unspecified atom stereocenters. The molecule has 2 aromatic rings. The highest BCUT2D eigenvalue weighted by Gasteiger charge is 2.18. The third kappa shape index (κ3) is 1.75. The summed E-state index contributed by atoms with van der Waals surface area (Å²) in [4.78, 5) is 3.76. The molecule has 0 saturated heterocycles. The number of pyridine rings is 1. The van der Waals surface area contributed by atoms with Crippen LogP contribution < -0.4 is 10.5 Å². The maximum atomic E-state index is 13.7. The SMILES string of the molecule is NCc1cc(-c2ccncc2F)cc2c1OCC2. The number of nitrogens with zero attached hydrogens (tertiary/aromatic N) is 1. The Morgan fingerprint density at radius 2 is 2.28 bits per heavy atom. The molecule has 1 aliphatic rings. The summed E-state index contributed by atoms with van der Waals surface area (Å²) in [5.74, 6) is 0.551. The molecule has 92 valence electrons. The molecule has 1 aliphatic heterocycles. The van der Waals surface area contributed by atoms with Crippen LogP contribution in [0.2, 0.25) is 0 Å². The number of benzene rings is 1. The number of hydrogen-bond donors (Lipinski definition) is 1. The van der Waals surface area contributed by atoms with Crippen molar-refractivity contribution in [1.82, 2.24) is 4.98 Å². The van der Waals surface area contributed by atoms with E-state index in [1.54, 1.807) is 12.3 Å². The Bertz CT molecular complexity index is 598. The number of halogens is 1. The molecule has 0 spiro atoms. The van der Waals surface area contributed by atoms with E-state index in [0.29, 0.717) is 18.7 Å². The summed E-state index contributed by atoms with van der Waals surface area (Å²) in [7, 11) is 0. The fourth-order valence-electron chi connectivity index (χ4n) is 2.30. The predicted molar refractivity (Wildman–Crippen MR) is 66.7 cm³/mol. The summed E-state index contributed by atoms with van der Waals surface area (Å²) in [6.45, 7) is 1.06. The highest BCUT2D eigenvalue weighted by atomic mass is 19.1. The zero-order valence-electron chi connectivity index (χ0n) is 9.82. The lowest BCUT2D eigenvalue weighted by Crippen LogP contribution is -2.00. The van der Waals surface area contributed by atoms with Gasteiger partial charge in [-0.15, -0.1) is 0 Å². The van der Waals surface area contributed by atoms with Crippen molar-refractivity contribution in [2.24, 2.45) is 5.73 Å². The van der Waals surface area contributed by atoms with Crippen LogP contribution in [-0.4, -0.2) is 11.6 Å². The van der Waals surface area contributed by atoms with Crippen LogP contribution in [-0.2, 0) is 13.0 Å². The van der Waals surface area contributed by atoms with Crippen molar-refractivity contribution in [3.05, 3.63) is 47.5 Å². The molecule has 4 heteroatoms. The van der Waals surface area contributed by atoms with Crippen LogP contribution in [0.1, 0.15) is 11.1 Å². The Morgan fingerprint density at radius 1 is 1.39 bits per heavy atom. The molecule has 18 heavy (non-hydrogen) atoms. The lowest BCUT2D eigenvalue weighted by Gasteiger charge is -2.10. The van der Waals surface area contributed by atoms with Gasteiger partial charge < -0.3 is 10.5 Å². The van der Waals surface area contributed by atoms with E-state index in [9.17, 15) is 4.39 Å². The van der Waals surface area contributed by atoms with Gasteiger partial charge in [-0.05, 0) is 29.3 Å². The van der Waals surface area contributed by atoms with E-state index in [1.165, 1.54) is 6.20 Å². The van der Waals surface area contributed by atoms with Gasteiger partial charge in [0.2, 0.25) is 0 Å². The molecular formula is C14H13FN2O. The molecule has 2 N–H and O–H groups in total. The molecular weight excluding hydrogens is 231 g/mol. The molecule has 0 bridgehead atoms. The third-order valence-electron chi connectivity index (χ3n) is 3.16. The maximum absolute atomic E-state index is 13.7. The Morgan fingerprint density at radius 3 is 3.06 bits per heavy atom. The van der Waals surface area contributed by atoms with Crippen molar-refractivity contribution in [1.29, 1.82) is 0 Å². The van der Waals surface area contributed by atoms with E-state index in [0.717, 1.165) is 28.9 Å². The van der Waals surface area contributed by atoms with Crippen LogP contribution in [0.3, 0.4) is 0 Å². The normalized spacial score (nSPS) is 13.2. The van der Waals surface area contributed by atoms with Crippen LogP contribution in [0.4, 0.5) is 4.39 Å². The Hall–Kier alpha value is -1.94. The van der Waals surface area contributed by atoms with Crippen molar-refractivity contribution >= 4 is 0 Å². The summed E-state index contributed by atoms with van der Waals surface area (Å²) in [5, 5.41) is 0. The van der Waals surface area contributed by atoms with Gasteiger partial charge in [0.1, 0.15) is 11.6 Å². The predicted octanol–water partition coefficient (Wildman–Crippen LogP) is 2.28. The van der Waals surface area contributed by atoms with E-state index in [2.05, 4.69) is 4.98 Å². The third-order valence-corrected chi connectivity index (χ3v) is 3.16. The van der Waals surface area contributed by atoms with Gasteiger partial charge in [0.15, 0.2) is 0 Å². The smallest absolute Gasteiger partial charge is 0.149 e. The average molecular weight is 244 g/mol. The van der Waals surface area contributed by atoms with Gasteiger partial charge in [-0.3, -0.25) is 4.98 Å². The van der Waals surface area contributed by atoms with Gasteiger partial charge in [0.25, 0.3) is 0 Å². The Kier molecular flexibility index (Phi) is 2.72. The highest BCUT2D eigenvalue weighted by Crippen LogP contribution is 2.35. The Labute approximate surface area is 104 Å². The van der Waals surface area contributed by atoms with Crippen LogP contribution >= 0.6 is 0 Å². The molecule has 1 aromatic carbocycles. The van der Waals surface area contributed by atoms with Crippen LogP contribution in [0.25, 0.3) is 11.1 Å². The molecule has 0 atom stereocenters. The summed E-state index contributed by atoms with van der Waals surface area (Å²) >= 11 is 0. The Balaban J connectivity index is 2.17. The average Bonchev–Trinajstić information content (AvgIpc) is 2.86. The van der Waals surface area contributed by atoms with Gasteiger partial charge in [0.05, 0.1) is 12.8 Å². The molecule has 0 radical (unpaired) electrons. The van der Waals surface area contributed by atoms with Crippen molar-refractivity contribution in [2.45, 2.75) is 13.0 Å². The standard InChI is InChI=1S/C14H13FN2O/c15-13-8-17-3-1-12(13)10-5-9-2-4-18-14(9)11(6-10)7-16/h1,3,5-6,8H,2,4,7,16H2. The monoisotopic (exact) mass is 244 g/mol. The van der Waals surface area contributed by atoms with Gasteiger partial charge >= 0.3 is 0 Å². The van der Waals surface area contributed by atoms with E-state index in [1.807, 2.05) is 12.1 Å². The maximum Gasteiger partial charge on any atom is 0.149 e. The molecule has 0 saturated carbocycles. The van der Waals surface area contributed by atoms with Gasteiger partial charge in [0, 0.05) is 30.3 Å². The number of rotatable bonds is 2. The number of hydrogen-bond acceptors (Lipinski definition) is 3. The summed E-state index contributed by atoms with van der Waals surface area (Å²) in [5.41, 5.74) is 9.13. The lowest BCUT2D eigenvalue weighted by molar-refractivity contribution is 0.353. The summed E-state index contributed by atoms with van der Waals surface area (Å²) in [6, 6.07) is 5.54. The minimum absolute atomic E-state index is 0.320. The van der Waals surface area contributed by atoms with Crippen molar-refractivity contribution in [3.63, 3.8) is 0 Å². The largest absolute Gasteiger partial charge is 0.493 e. The zero-order valence-corrected chi connectivity index (χ0v) is 9.82. The van der Waals surface area contributed by atoms with Crippen LogP contribution in [0.15, 0.2) is 30.6 Å². The van der Waals surface area contributed by atoms with E-state index in [4.69, 9.17) is 10.5 Å². The first kappa shape index (κ1) is 11.2. The molecule has 3 nitrogen and oxygen atoms in total. The number of fused-ring (bicyclic) bond motifs is 1. The molecule has 3 rings (SSSR count). The lowest BCUT2D eigenvalue weighted by atomic mass is 9.98. The van der Waals surface area contributed by atoms with Crippen molar-refractivity contribution < 1.29 is 9.13 Å². The molecule has 0 fully saturated rings. The fraction of sp³-hybridized carbons (Fsp3) is 0.214. The van der Waals surface area contributed by atoms with Crippen LogP contribution in [0, 0.1) is 5.82 Å². The first-order valence-electron chi connectivity index (χ1n) is 5.88. The molecule has 0 amide bonds. The number of aromatic nitrogens is 1. The van der Waals surface area contributed by atoms with Crippen molar-refractivity contribution in [3.8, 4) is 16.9 Å². The van der Waals surface area contributed by atoms with Crippen molar-refractivity contribution in [2.75, 3.05) is 6.61 Å². The van der Waals surface area contributed by atoms with Gasteiger partial charge in [-0.1, -0.05) is 0 Å². The summed E-state index contributed by atoms with van der Waals surface area (Å²) in [6.07, 6.45) is 3.66. The second-order valence-electron chi connectivity index (χ2n) is 4.28.